The average molecular weight is 321 g/mol. The number of nitrogens with zero attached hydrogens (tertiary/aromatic N) is 1. The number of fused-ring (bicyclic) bond motifs is 1. The van der Waals surface area contributed by atoms with E-state index in [4.69, 9.17) is 9.47 Å². The fourth-order valence-electron chi connectivity index (χ4n) is 2.92. The van der Waals surface area contributed by atoms with E-state index in [1.807, 2.05) is 6.92 Å². The molecule has 1 aliphatic carbocycles. The first-order valence-electron chi connectivity index (χ1n) is 7.81. The molecule has 6 nitrogen and oxygen atoms in total. The third-order valence-corrected chi connectivity index (χ3v) is 4.10. The largest absolute Gasteiger partial charge is 0.493 e. The minimum atomic E-state index is -0.894. The second-order valence-corrected chi connectivity index (χ2v) is 5.87. The molecule has 0 spiro atoms. The van der Waals surface area contributed by atoms with Crippen LogP contribution in [-0.2, 0) is 11.2 Å². The van der Waals surface area contributed by atoms with Crippen LogP contribution in [0.3, 0.4) is 0 Å². The number of aliphatic carboxylic acids is 1. The number of rotatable bonds is 6. The van der Waals surface area contributed by atoms with E-state index in [-0.39, 0.29) is 12.5 Å². The van der Waals surface area contributed by atoms with Crippen molar-refractivity contribution >= 4 is 11.7 Å². The molecule has 126 valence electrons. The lowest BCUT2D eigenvalue weighted by Gasteiger charge is -2.25. The molecule has 6 heteroatoms. The van der Waals surface area contributed by atoms with Crippen molar-refractivity contribution in [1.29, 1.82) is 0 Å². The van der Waals surface area contributed by atoms with Gasteiger partial charge in [-0.3, -0.25) is 4.79 Å². The monoisotopic (exact) mass is 321 g/mol. The molecule has 0 aliphatic heterocycles. The Labute approximate surface area is 135 Å². The van der Waals surface area contributed by atoms with Crippen LogP contribution in [0.5, 0.6) is 11.5 Å². The molecule has 0 radical (unpaired) electrons. The summed E-state index contributed by atoms with van der Waals surface area (Å²) in [4.78, 5) is 11.3. The van der Waals surface area contributed by atoms with Crippen LogP contribution in [0.4, 0.5) is 0 Å². The Kier molecular flexibility index (Phi) is 5.47. The second-order valence-electron chi connectivity index (χ2n) is 5.87. The van der Waals surface area contributed by atoms with Gasteiger partial charge in [0.25, 0.3) is 0 Å². The normalized spacial score (nSPS) is 20.0. The first kappa shape index (κ1) is 17.1. The van der Waals surface area contributed by atoms with Crippen LogP contribution in [0.2, 0.25) is 0 Å². The van der Waals surface area contributed by atoms with Crippen molar-refractivity contribution in [2.45, 2.75) is 45.6 Å². The van der Waals surface area contributed by atoms with E-state index in [0.29, 0.717) is 23.6 Å². The van der Waals surface area contributed by atoms with E-state index >= 15 is 0 Å². The third-order valence-electron chi connectivity index (χ3n) is 4.10. The molecule has 0 amide bonds. The van der Waals surface area contributed by atoms with Crippen molar-refractivity contribution in [1.82, 2.24) is 0 Å². The van der Waals surface area contributed by atoms with E-state index < -0.39 is 11.9 Å². The number of benzene rings is 1. The molecule has 0 fully saturated rings. The lowest BCUT2D eigenvalue weighted by Crippen LogP contribution is -2.27. The highest BCUT2D eigenvalue weighted by molar-refractivity contribution is 6.05. The number of carbonyl (C=O) groups is 1. The van der Waals surface area contributed by atoms with E-state index in [0.717, 1.165) is 24.0 Å². The van der Waals surface area contributed by atoms with E-state index in [2.05, 4.69) is 12.1 Å². The number of hydrogen-bond donors (Lipinski definition) is 2. The maximum absolute atomic E-state index is 11.3. The molecular formula is C17H23NO5. The number of ether oxygens (including phenoxy) is 2. The molecule has 23 heavy (non-hydrogen) atoms. The summed E-state index contributed by atoms with van der Waals surface area (Å²) in [6.07, 6.45) is 2.55. The molecule has 2 N–H and O–H groups in total. The van der Waals surface area contributed by atoms with Crippen molar-refractivity contribution in [2.24, 2.45) is 11.1 Å². The van der Waals surface area contributed by atoms with Crippen molar-refractivity contribution in [3.05, 3.63) is 23.3 Å². The van der Waals surface area contributed by atoms with Crippen LogP contribution in [0.1, 0.15) is 44.2 Å². The third kappa shape index (κ3) is 3.75. The summed E-state index contributed by atoms with van der Waals surface area (Å²) in [5.74, 6) is -0.339. The van der Waals surface area contributed by atoms with Gasteiger partial charge in [-0.05, 0) is 37.5 Å². The van der Waals surface area contributed by atoms with Gasteiger partial charge in [-0.1, -0.05) is 18.5 Å². The van der Waals surface area contributed by atoms with E-state index in [1.54, 1.807) is 19.2 Å². The Morgan fingerprint density at radius 2 is 2.13 bits per heavy atom. The highest BCUT2D eigenvalue weighted by Gasteiger charge is 2.30. The van der Waals surface area contributed by atoms with Crippen LogP contribution in [-0.4, -0.2) is 35.2 Å². The van der Waals surface area contributed by atoms with Crippen LogP contribution in [0.15, 0.2) is 17.3 Å². The van der Waals surface area contributed by atoms with E-state index in [1.165, 1.54) is 0 Å². The van der Waals surface area contributed by atoms with Gasteiger partial charge in [0.1, 0.15) is 0 Å². The zero-order chi connectivity index (χ0) is 17.0. The summed E-state index contributed by atoms with van der Waals surface area (Å²) in [5.41, 5.74) is 1.89. The minimum Gasteiger partial charge on any atom is -0.493 e. The number of methoxy groups -OCH3 is 1. The summed E-state index contributed by atoms with van der Waals surface area (Å²) >= 11 is 0. The number of carboxylic acids is 1. The molecular weight excluding hydrogens is 298 g/mol. The summed E-state index contributed by atoms with van der Waals surface area (Å²) in [7, 11) is 1.55. The zero-order valence-electron chi connectivity index (χ0n) is 13.7. The standard InChI is InChI=1S/C17H23NO5/c1-4-5-10(2)23-16-8-11-6-12(17(19)20)7-14(18-21)13(11)9-15(16)22-3/h8-10,12,21H,4-7H2,1-3H3,(H,19,20)/b18-14+. The highest BCUT2D eigenvalue weighted by atomic mass is 16.5. The van der Waals surface area contributed by atoms with E-state index in [9.17, 15) is 15.1 Å². The molecule has 0 saturated carbocycles. The number of oxime groups is 1. The van der Waals surface area contributed by atoms with Crippen molar-refractivity contribution in [3.63, 3.8) is 0 Å². The smallest absolute Gasteiger partial charge is 0.307 e. The van der Waals surface area contributed by atoms with Gasteiger partial charge in [0.05, 0.1) is 24.8 Å². The molecule has 0 aromatic heterocycles. The average Bonchev–Trinajstić information content (AvgIpc) is 2.53. The molecule has 2 rings (SSSR count). The lowest BCUT2D eigenvalue weighted by molar-refractivity contribution is -0.141. The summed E-state index contributed by atoms with van der Waals surface area (Å²) in [6, 6.07) is 3.57. The van der Waals surface area contributed by atoms with Crippen molar-refractivity contribution in [3.8, 4) is 11.5 Å². The van der Waals surface area contributed by atoms with Crippen LogP contribution in [0.25, 0.3) is 0 Å². The molecule has 1 aromatic rings. The molecule has 1 aromatic carbocycles. The van der Waals surface area contributed by atoms with Gasteiger partial charge < -0.3 is 19.8 Å². The Morgan fingerprint density at radius 3 is 2.70 bits per heavy atom. The van der Waals surface area contributed by atoms with Gasteiger partial charge in [-0.15, -0.1) is 0 Å². The van der Waals surface area contributed by atoms with Gasteiger partial charge in [-0.2, -0.15) is 0 Å². The fourth-order valence-corrected chi connectivity index (χ4v) is 2.92. The predicted octanol–water partition coefficient (Wildman–Crippen LogP) is 3.09. The lowest BCUT2D eigenvalue weighted by atomic mass is 9.82. The SMILES string of the molecule is CCCC(C)Oc1cc2c(cc1OC)/C(=N/O)CC(C(=O)O)C2. The second kappa shape index (κ2) is 7.35. The Morgan fingerprint density at radius 1 is 1.39 bits per heavy atom. The molecule has 0 bridgehead atoms. The first-order chi connectivity index (χ1) is 11.0. The summed E-state index contributed by atoms with van der Waals surface area (Å²) in [6.45, 7) is 4.08. The maximum atomic E-state index is 11.3. The summed E-state index contributed by atoms with van der Waals surface area (Å²) < 4.78 is 11.3. The molecule has 0 heterocycles. The van der Waals surface area contributed by atoms with Gasteiger partial charge in [0, 0.05) is 12.0 Å². The molecule has 1 aliphatic rings. The number of hydrogen-bond acceptors (Lipinski definition) is 5. The molecule has 2 atom stereocenters. The quantitative estimate of drug-likeness (QED) is 0.621. The fraction of sp³-hybridized carbons (Fsp3) is 0.529. The zero-order valence-corrected chi connectivity index (χ0v) is 13.7. The Bertz CT molecular complexity index is 611. The summed E-state index contributed by atoms with van der Waals surface area (Å²) in [5, 5.41) is 21.8. The van der Waals surface area contributed by atoms with Gasteiger partial charge in [0.2, 0.25) is 0 Å². The van der Waals surface area contributed by atoms with Gasteiger partial charge >= 0.3 is 5.97 Å². The van der Waals surface area contributed by atoms with Crippen molar-refractivity contribution < 1.29 is 24.6 Å². The topological polar surface area (TPSA) is 88.4 Å². The van der Waals surface area contributed by atoms with Crippen molar-refractivity contribution in [2.75, 3.05) is 7.11 Å². The predicted molar refractivity (Wildman–Crippen MR) is 85.8 cm³/mol. The molecule has 2 unspecified atom stereocenters. The van der Waals surface area contributed by atoms with Gasteiger partial charge in [0.15, 0.2) is 11.5 Å². The minimum absolute atomic E-state index is 0.0387. The molecule has 0 saturated heterocycles. The first-order valence-corrected chi connectivity index (χ1v) is 7.81. The van der Waals surface area contributed by atoms with Crippen LogP contribution in [0, 0.1) is 5.92 Å². The van der Waals surface area contributed by atoms with Gasteiger partial charge in [-0.25, -0.2) is 0 Å². The Balaban J connectivity index is 2.41. The Hall–Kier alpha value is -2.24. The highest BCUT2D eigenvalue weighted by Crippen LogP contribution is 2.36. The van der Waals surface area contributed by atoms with Crippen LogP contribution < -0.4 is 9.47 Å². The maximum Gasteiger partial charge on any atom is 0.307 e. The van der Waals surface area contributed by atoms with Crippen LogP contribution >= 0.6 is 0 Å². The number of carboxylic acid groups (broad SMARTS) is 1.